The van der Waals surface area contributed by atoms with Crippen LogP contribution in [0.4, 0.5) is 0 Å². The van der Waals surface area contributed by atoms with E-state index in [4.69, 9.17) is 4.74 Å². The van der Waals surface area contributed by atoms with Gasteiger partial charge in [-0.1, -0.05) is 20.8 Å². The highest BCUT2D eigenvalue weighted by atomic mass is 16.5. The van der Waals surface area contributed by atoms with Crippen LogP contribution in [0.3, 0.4) is 0 Å². The van der Waals surface area contributed by atoms with Crippen molar-refractivity contribution in [3.63, 3.8) is 0 Å². The lowest BCUT2D eigenvalue weighted by Crippen LogP contribution is -2.25. The summed E-state index contributed by atoms with van der Waals surface area (Å²) < 4.78 is 5.78. The lowest BCUT2D eigenvalue weighted by molar-refractivity contribution is 0.229. The quantitative estimate of drug-likeness (QED) is 0.898. The minimum absolute atomic E-state index is 0.0219. The third kappa shape index (κ3) is 4.18. The molecule has 1 aliphatic heterocycles. The number of ether oxygens (including phenoxy) is 1. The highest BCUT2D eigenvalue weighted by Crippen LogP contribution is 2.24. The van der Waals surface area contributed by atoms with Gasteiger partial charge >= 0.3 is 0 Å². The number of aliphatic hydroxyl groups excluding tert-OH is 1. The van der Waals surface area contributed by atoms with Gasteiger partial charge in [0.1, 0.15) is 6.61 Å². The van der Waals surface area contributed by atoms with Crippen LogP contribution < -0.4 is 4.74 Å². The van der Waals surface area contributed by atoms with Crippen molar-refractivity contribution < 1.29 is 9.84 Å². The van der Waals surface area contributed by atoms with Crippen LogP contribution in [-0.4, -0.2) is 41.2 Å². The fraction of sp³-hybridized carbons (Fsp3) is 0.688. The zero-order valence-electron chi connectivity index (χ0n) is 12.9. The van der Waals surface area contributed by atoms with Gasteiger partial charge in [0.25, 0.3) is 0 Å². The average molecular weight is 278 g/mol. The van der Waals surface area contributed by atoms with E-state index in [-0.39, 0.29) is 12.0 Å². The monoisotopic (exact) mass is 278 g/mol. The van der Waals surface area contributed by atoms with Crippen LogP contribution in [0.25, 0.3) is 0 Å². The highest BCUT2D eigenvalue weighted by Gasteiger charge is 2.18. The van der Waals surface area contributed by atoms with Gasteiger partial charge in [0, 0.05) is 18.0 Å². The van der Waals surface area contributed by atoms with E-state index in [2.05, 4.69) is 30.7 Å². The van der Waals surface area contributed by atoms with Gasteiger partial charge in [-0.25, -0.2) is 4.98 Å². The first kappa shape index (κ1) is 15.3. The van der Waals surface area contributed by atoms with Gasteiger partial charge in [0.15, 0.2) is 0 Å². The third-order valence-electron chi connectivity index (χ3n) is 3.67. The molecule has 4 heteroatoms. The molecule has 0 aromatic carbocycles. The molecule has 0 atom stereocenters. The second-order valence-corrected chi connectivity index (χ2v) is 6.50. The lowest BCUT2D eigenvalue weighted by atomic mass is 9.91. The van der Waals surface area contributed by atoms with Crippen LogP contribution in [0.2, 0.25) is 0 Å². The summed E-state index contributed by atoms with van der Waals surface area (Å²) in [4.78, 5) is 6.98. The molecule has 112 valence electrons. The summed E-state index contributed by atoms with van der Waals surface area (Å²) in [6.07, 6.45) is 2.60. The topological polar surface area (TPSA) is 45.6 Å². The van der Waals surface area contributed by atoms with Crippen LogP contribution in [0.15, 0.2) is 12.1 Å². The van der Waals surface area contributed by atoms with Crippen molar-refractivity contribution in [1.82, 2.24) is 9.88 Å². The Morgan fingerprint density at radius 2 is 1.95 bits per heavy atom. The molecule has 0 unspecified atom stereocenters. The fourth-order valence-electron chi connectivity index (χ4n) is 2.39. The molecule has 1 saturated heterocycles. The SMILES string of the molecule is CC(C)(C)c1cc(CO)cc(OCCN2CCCC2)n1. The molecule has 2 rings (SSSR count). The Balaban J connectivity index is 1.98. The van der Waals surface area contributed by atoms with Crippen molar-refractivity contribution >= 4 is 0 Å². The van der Waals surface area contributed by atoms with Crippen LogP contribution in [0.1, 0.15) is 44.9 Å². The molecule has 0 aliphatic carbocycles. The maximum Gasteiger partial charge on any atom is 0.213 e. The Hall–Kier alpha value is -1.13. The van der Waals surface area contributed by atoms with Crippen LogP contribution >= 0.6 is 0 Å². The van der Waals surface area contributed by atoms with E-state index in [1.54, 1.807) is 0 Å². The molecule has 1 N–H and O–H groups in total. The van der Waals surface area contributed by atoms with E-state index < -0.39 is 0 Å². The average Bonchev–Trinajstić information content (AvgIpc) is 2.90. The summed E-state index contributed by atoms with van der Waals surface area (Å²) in [5, 5.41) is 9.36. The van der Waals surface area contributed by atoms with Crippen molar-refractivity contribution in [3.8, 4) is 5.88 Å². The molecular formula is C16H26N2O2. The third-order valence-corrected chi connectivity index (χ3v) is 3.67. The predicted molar refractivity (Wildman–Crippen MR) is 80.0 cm³/mol. The molecule has 1 fully saturated rings. The zero-order valence-corrected chi connectivity index (χ0v) is 12.9. The standard InChI is InChI=1S/C16H26N2O2/c1-16(2,3)14-10-13(12-19)11-15(17-14)20-9-8-18-6-4-5-7-18/h10-11,19H,4-9,12H2,1-3H3. The molecule has 0 spiro atoms. The molecule has 0 saturated carbocycles. The minimum atomic E-state index is -0.0434. The summed E-state index contributed by atoms with van der Waals surface area (Å²) in [5.41, 5.74) is 1.78. The Bertz CT molecular complexity index is 435. The molecule has 1 aliphatic rings. The number of rotatable bonds is 5. The van der Waals surface area contributed by atoms with Gasteiger partial charge in [0.05, 0.1) is 12.3 Å². The Morgan fingerprint density at radius 3 is 2.55 bits per heavy atom. The zero-order chi connectivity index (χ0) is 14.6. The molecule has 1 aromatic heterocycles. The molecule has 0 radical (unpaired) electrons. The minimum Gasteiger partial charge on any atom is -0.476 e. The van der Waals surface area contributed by atoms with Crippen LogP contribution in [0.5, 0.6) is 5.88 Å². The molecule has 2 heterocycles. The summed E-state index contributed by atoms with van der Waals surface area (Å²) in [6, 6.07) is 3.78. The highest BCUT2D eigenvalue weighted by molar-refractivity contribution is 5.28. The maximum absolute atomic E-state index is 9.36. The predicted octanol–water partition coefficient (Wildman–Crippen LogP) is 2.35. The van der Waals surface area contributed by atoms with Crippen molar-refractivity contribution in [2.24, 2.45) is 0 Å². The van der Waals surface area contributed by atoms with E-state index in [1.165, 1.54) is 25.9 Å². The number of hydrogen-bond acceptors (Lipinski definition) is 4. The smallest absolute Gasteiger partial charge is 0.213 e. The van der Waals surface area contributed by atoms with E-state index in [1.807, 2.05) is 12.1 Å². The van der Waals surface area contributed by atoms with Gasteiger partial charge in [-0.3, -0.25) is 4.90 Å². The van der Waals surface area contributed by atoms with Crippen LogP contribution in [0, 0.1) is 0 Å². The number of pyridine rings is 1. The van der Waals surface area contributed by atoms with Crippen molar-refractivity contribution in [2.45, 2.75) is 45.6 Å². The van der Waals surface area contributed by atoms with E-state index in [0.717, 1.165) is 17.8 Å². The van der Waals surface area contributed by atoms with Crippen LogP contribution in [-0.2, 0) is 12.0 Å². The summed E-state index contributed by atoms with van der Waals surface area (Å²) in [7, 11) is 0. The molecule has 4 nitrogen and oxygen atoms in total. The number of nitrogens with zero attached hydrogens (tertiary/aromatic N) is 2. The largest absolute Gasteiger partial charge is 0.476 e. The number of aliphatic hydroxyl groups is 1. The van der Waals surface area contributed by atoms with Gasteiger partial charge in [-0.15, -0.1) is 0 Å². The van der Waals surface area contributed by atoms with Crippen molar-refractivity contribution in [2.75, 3.05) is 26.2 Å². The summed E-state index contributed by atoms with van der Waals surface area (Å²) in [5.74, 6) is 0.626. The molecule has 20 heavy (non-hydrogen) atoms. The first-order valence-electron chi connectivity index (χ1n) is 7.46. The Morgan fingerprint density at radius 1 is 1.25 bits per heavy atom. The maximum atomic E-state index is 9.36. The summed E-state index contributed by atoms with van der Waals surface area (Å²) >= 11 is 0. The van der Waals surface area contributed by atoms with Gasteiger partial charge in [-0.2, -0.15) is 0 Å². The molecular weight excluding hydrogens is 252 g/mol. The Labute approximate surface area is 121 Å². The lowest BCUT2D eigenvalue weighted by Gasteiger charge is -2.20. The van der Waals surface area contributed by atoms with E-state index >= 15 is 0 Å². The first-order valence-corrected chi connectivity index (χ1v) is 7.46. The number of hydrogen-bond donors (Lipinski definition) is 1. The molecule has 0 amide bonds. The summed E-state index contributed by atoms with van der Waals surface area (Å²) in [6.45, 7) is 10.3. The van der Waals surface area contributed by atoms with Crippen molar-refractivity contribution in [1.29, 1.82) is 0 Å². The number of likely N-dealkylation sites (tertiary alicyclic amines) is 1. The Kier molecular flexibility index (Phi) is 5.00. The fourth-order valence-corrected chi connectivity index (χ4v) is 2.39. The molecule has 0 bridgehead atoms. The second-order valence-electron chi connectivity index (χ2n) is 6.50. The van der Waals surface area contributed by atoms with E-state index in [9.17, 15) is 5.11 Å². The normalized spacial score (nSPS) is 16.6. The van der Waals surface area contributed by atoms with Gasteiger partial charge < -0.3 is 9.84 Å². The van der Waals surface area contributed by atoms with Gasteiger partial charge in [-0.05, 0) is 37.6 Å². The first-order chi connectivity index (χ1) is 9.49. The van der Waals surface area contributed by atoms with E-state index in [0.29, 0.717) is 12.5 Å². The number of aromatic nitrogens is 1. The molecule has 1 aromatic rings. The second kappa shape index (κ2) is 6.55. The van der Waals surface area contributed by atoms with Gasteiger partial charge in [0.2, 0.25) is 5.88 Å². The van der Waals surface area contributed by atoms with Crippen molar-refractivity contribution in [3.05, 3.63) is 23.4 Å².